The third-order valence-corrected chi connectivity index (χ3v) is 1.70. The zero-order valence-corrected chi connectivity index (χ0v) is 6.53. The van der Waals surface area contributed by atoms with Gasteiger partial charge in [0, 0.05) is 11.3 Å². The minimum absolute atomic E-state index is 0.123. The van der Waals surface area contributed by atoms with Crippen LogP contribution < -0.4 is 5.73 Å². The highest BCUT2D eigenvalue weighted by atomic mass is 16.4. The molecule has 0 atom stereocenters. The summed E-state index contributed by atoms with van der Waals surface area (Å²) in [4.78, 5) is 10.5. The van der Waals surface area contributed by atoms with Gasteiger partial charge in [-0.25, -0.2) is 4.79 Å². The average molecular weight is 167 g/mol. The Morgan fingerprint density at radius 3 is 2.58 bits per heavy atom. The van der Waals surface area contributed by atoms with E-state index in [0.717, 1.165) is 0 Å². The van der Waals surface area contributed by atoms with Gasteiger partial charge < -0.3 is 15.9 Å². The van der Waals surface area contributed by atoms with Gasteiger partial charge in [0.25, 0.3) is 0 Å². The van der Waals surface area contributed by atoms with Gasteiger partial charge in [-0.3, -0.25) is 0 Å². The molecule has 0 bridgehead atoms. The number of benzene rings is 1. The van der Waals surface area contributed by atoms with Crippen molar-refractivity contribution >= 4 is 11.7 Å². The number of hydrogen-bond donors (Lipinski definition) is 3. The molecular weight excluding hydrogens is 158 g/mol. The van der Waals surface area contributed by atoms with Crippen molar-refractivity contribution in [2.24, 2.45) is 0 Å². The van der Waals surface area contributed by atoms with Crippen molar-refractivity contribution in [2.45, 2.75) is 6.92 Å². The van der Waals surface area contributed by atoms with E-state index in [1.54, 1.807) is 6.92 Å². The maximum atomic E-state index is 10.5. The molecule has 0 spiro atoms. The van der Waals surface area contributed by atoms with E-state index in [9.17, 15) is 9.90 Å². The molecule has 0 amide bonds. The lowest BCUT2D eigenvalue weighted by molar-refractivity contribution is 0.0693. The van der Waals surface area contributed by atoms with Crippen molar-refractivity contribution in [3.8, 4) is 5.75 Å². The lowest BCUT2D eigenvalue weighted by Crippen LogP contribution is -1.99. The fourth-order valence-corrected chi connectivity index (χ4v) is 0.888. The summed E-state index contributed by atoms with van der Waals surface area (Å²) in [5, 5.41) is 17.9. The van der Waals surface area contributed by atoms with Crippen LogP contribution in [0.25, 0.3) is 0 Å². The highest BCUT2D eigenvalue weighted by Crippen LogP contribution is 2.26. The third kappa shape index (κ3) is 1.18. The smallest absolute Gasteiger partial charge is 0.339 e. The molecule has 64 valence electrons. The van der Waals surface area contributed by atoms with E-state index in [1.807, 2.05) is 0 Å². The zero-order valence-electron chi connectivity index (χ0n) is 6.53. The quantitative estimate of drug-likeness (QED) is 0.544. The number of anilines is 1. The second-order valence-corrected chi connectivity index (χ2v) is 2.48. The Morgan fingerprint density at radius 2 is 2.08 bits per heavy atom. The number of nitrogens with two attached hydrogens (primary N) is 1. The van der Waals surface area contributed by atoms with Crippen LogP contribution in [0, 0.1) is 6.92 Å². The average Bonchev–Trinajstić information content (AvgIpc) is 2.00. The summed E-state index contributed by atoms with van der Waals surface area (Å²) in [7, 11) is 0. The van der Waals surface area contributed by atoms with E-state index in [2.05, 4.69) is 0 Å². The first kappa shape index (κ1) is 8.39. The van der Waals surface area contributed by atoms with Crippen molar-refractivity contribution < 1.29 is 15.0 Å². The number of carboxylic acid groups (broad SMARTS) is 1. The Labute approximate surface area is 69.3 Å². The molecule has 4 nitrogen and oxygen atoms in total. The maximum absolute atomic E-state index is 10.5. The first-order valence-corrected chi connectivity index (χ1v) is 3.35. The predicted octanol–water partition coefficient (Wildman–Crippen LogP) is 0.981. The number of rotatable bonds is 1. The van der Waals surface area contributed by atoms with E-state index in [-0.39, 0.29) is 11.3 Å². The number of aromatic carboxylic acids is 1. The van der Waals surface area contributed by atoms with Crippen molar-refractivity contribution in [1.82, 2.24) is 0 Å². The molecular formula is C8H9NO3. The molecule has 0 fully saturated rings. The summed E-state index contributed by atoms with van der Waals surface area (Å²) in [6.07, 6.45) is 0. The lowest BCUT2D eigenvalue weighted by atomic mass is 10.1. The predicted molar refractivity (Wildman–Crippen MR) is 44.2 cm³/mol. The van der Waals surface area contributed by atoms with Crippen LogP contribution in [0.4, 0.5) is 5.69 Å². The van der Waals surface area contributed by atoms with Crippen LogP contribution in [0.5, 0.6) is 5.75 Å². The first-order valence-electron chi connectivity index (χ1n) is 3.35. The fraction of sp³-hybridized carbons (Fsp3) is 0.125. The van der Waals surface area contributed by atoms with E-state index < -0.39 is 5.97 Å². The van der Waals surface area contributed by atoms with E-state index in [4.69, 9.17) is 10.8 Å². The van der Waals surface area contributed by atoms with Crippen LogP contribution in [0.1, 0.15) is 15.9 Å². The van der Waals surface area contributed by atoms with Gasteiger partial charge in [0.2, 0.25) is 0 Å². The molecule has 0 aromatic heterocycles. The van der Waals surface area contributed by atoms with Crippen molar-refractivity contribution in [3.63, 3.8) is 0 Å². The summed E-state index contributed by atoms with van der Waals surface area (Å²) in [6.45, 7) is 1.57. The SMILES string of the molecule is Cc1c(N)ccc(C(=O)O)c1O. The van der Waals surface area contributed by atoms with Crippen molar-refractivity contribution in [2.75, 3.05) is 5.73 Å². The van der Waals surface area contributed by atoms with Gasteiger partial charge in [-0.05, 0) is 19.1 Å². The molecule has 12 heavy (non-hydrogen) atoms. The van der Waals surface area contributed by atoms with Crippen LogP contribution in [0.3, 0.4) is 0 Å². The minimum Gasteiger partial charge on any atom is -0.507 e. The van der Waals surface area contributed by atoms with Crippen LogP contribution >= 0.6 is 0 Å². The Balaban J connectivity index is 3.36. The van der Waals surface area contributed by atoms with Gasteiger partial charge in [-0.15, -0.1) is 0 Å². The molecule has 0 saturated heterocycles. The maximum Gasteiger partial charge on any atom is 0.339 e. The highest BCUT2D eigenvalue weighted by Gasteiger charge is 2.12. The molecule has 0 heterocycles. The number of aromatic hydroxyl groups is 1. The molecule has 0 aliphatic carbocycles. The third-order valence-electron chi connectivity index (χ3n) is 1.70. The second kappa shape index (κ2) is 2.73. The number of hydrogen-bond acceptors (Lipinski definition) is 3. The van der Waals surface area contributed by atoms with Crippen LogP contribution in [0.15, 0.2) is 12.1 Å². The van der Waals surface area contributed by atoms with E-state index >= 15 is 0 Å². The Hall–Kier alpha value is -1.71. The molecule has 1 rings (SSSR count). The topological polar surface area (TPSA) is 83.6 Å². The highest BCUT2D eigenvalue weighted by molar-refractivity contribution is 5.92. The number of nitrogen functional groups attached to an aromatic ring is 1. The molecule has 1 aromatic carbocycles. The van der Waals surface area contributed by atoms with Crippen LogP contribution in [-0.2, 0) is 0 Å². The second-order valence-electron chi connectivity index (χ2n) is 2.48. The minimum atomic E-state index is -1.16. The van der Waals surface area contributed by atoms with Crippen LogP contribution in [0.2, 0.25) is 0 Å². The summed E-state index contributed by atoms with van der Waals surface area (Å²) in [6, 6.07) is 2.73. The summed E-state index contributed by atoms with van der Waals surface area (Å²) >= 11 is 0. The van der Waals surface area contributed by atoms with Gasteiger partial charge in [0.1, 0.15) is 11.3 Å². The molecule has 0 saturated carbocycles. The number of phenols is 1. The number of carbonyl (C=O) groups is 1. The molecule has 0 radical (unpaired) electrons. The van der Waals surface area contributed by atoms with Gasteiger partial charge in [-0.2, -0.15) is 0 Å². The Kier molecular flexibility index (Phi) is 1.91. The van der Waals surface area contributed by atoms with Gasteiger partial charge in [-0.1, -0.05) is 0 Å². The Morgan fingerprint density at radius 1 is 1.50 bits per heavy atom. The molecule has 4 N–H and O–H groups in total. The first-order chi connectivity index (χ1) is 5.54. The van der Waals surface area contributed by atoms with E-state index in [0.29, 0.717) is 11.3 Å². The summed E-state index contributed by atoms with van der Waals surface area (Å²) < 4.78 is 0. The van der Waals surface area contributed by atoms with Gasteiger partial charge in [0.05, 0.1) is 0 Å². The van der Waals surface area contributed by atoms with E-state index in [1.165, 1.54) is 12.1 Å². The van der Waals surface area contributed by atoms with Crippen LogP contribution in [-0.4, -0.2) is 16.2 Å². The fourth-order valence-electron chi connectivity index (χ4n) is 0.888. The summed E-state index contributed by atoms with van der Waals surface area (Å²) in [5.41, 5.74) is 6.10. The van der Waals surface area contributed by atoms with Gasteiger partial charge >= 0.3 is 5.97 Å². The molecule has 0 aliphatic heterocycles. The molecule has 4 heteroatoms. The van der Waals surface area contributed by atoms with Crippen molar-refractivity contribution in [3.05, 3.63) is 23.3 Å². The number of carboxylic acids is 1. The van der Waals surface area contributed by atoms with Gasteiger partial charge in [0.15, 0.2) is 0 Å². The Bertz CT molecular complexity index is 333. The standard InChI is InChI=1S/C8H9NO3/c1-4-6(9)3-2-5(7(4)10)8(11)12/h2-3,10H,9H2,1H3,(H,11,12). The monoisotopic (exact) mass is 167 g/mol. The lowest BCUT2D eigenvalue weighted by Gasteiger charge is -2.04. The molecule has 0 unspecified atom stereocenters. The molecule has 1 aromatic rings. The largest absolute Gasteiger partial charge is 0.507 e. The zero-order chi connectivity index (χ0) is 9.30. The molecule has 0 aliphatic rings. The summed E-state index contributed by atoms with van der Waals surface area (Å²) in [5.74, 6) is -1.42. The van der Waals surface area contributed by atoms with Crippen molar-refractivity contribution in [1.29, 1.82) is 0 Å². The normalized spacial score (nSPS) is 9.75.